The van der Waals surface area contributed by atoms with Crippen molar-refractivity contribution >= 4 is 19.8 Å². The van der Waals surface area contributed by atoms with Crippen molar-refractivity contribution in [2.24, 2.45) is 5.73 Å². The maximum atomic E-state index is 12.6. The first-order valence-corrected chi connectivity index (χ1v) is 27.5. The van der Waals surface area contributed by atoms with Gasteiger partial charge in [0, 0.05) is 19.4 Å². The van der Waals surface area contributed by atoms with Crippen molar-refractivity contribution in [1.29, 1.82) is 0 Å². The van der Waals surface area contributed by atoms with Gasteiger partial charge in [-0.25, -0.2) is 4.57 Å². The average Bonchev–Trinajstić information content (AvgIpc) is 3.32. The molecule has 0 bridgehead atoms. The molecule has 0 aromatic carbocycles. The molecule has 380 valence electrons. The molecule has 0 aromatic heterocycles. The van der Waals surface area contributed by atoms with Crippen molar-refractivity contribution in [3.8, 4) is 0 Å². The third-order valence-corrected chi connectivity index (χ3v) is 11.3. The molecule has 2 unspecified atom stereocenters. The van der Waals surface area contributed by atoms with Crippen LogP contribution < -0.4 is 5.73 Å². The number of rotatable bonds is 47. The molecule has 10 heteroatoms. The van der Waals surface area contributed by atoms with Crippen LogP contribution in [0.4, 0.5) is 0 Å². The topological polar surface area (TPSA) is 134 Å². The summed E-state index contributed by atoms with van der Waals surface area (Å²) in [5.74, 6) is -0.931. The third-order valence-electron chi connectivity index (χ3n) is 10.4. The van der Waals surface area contributed by atoms with Gasteiger partial charge in [0.2, 0.25) is 0 Å². The van der Waals surface area contributed by atoms with E-state index in [0.717, 1.165) is 83.5 Å². The fourth-order valence-corrected chi connectivity index (χ4v) is 7.36. The van der Waals surface area contributed by atoms with E-state index in [4.69, 9.17) is 24.3 Å². The molecule has 9 nitrogen and oxygen atoms in total. The Morgan fingerprint density at radius 2 is 0.806 bits per heavy atom. The zero-order valence-electron chi connectivity index (χ0n) is 42.1. The minimum Gasteiger partial charge on any atom is -0.462 e. The second kappa shape index (κ2) is 51.8. The van der Waals surface area contributed by atoms with E-state index in [9.17, 15) is 19.0 Å². The average molecular weight is 952 g/mol. The van der Waals surface area contributed by atoms with Crippen molar-refractivity contribution < 1.29 is 37.6 Å². The lowest BCUT2D eigenvalue weighted by Crippen LogP contribution is -2.29. The molecular formula is C57H94NO8P. The van der Waals surface area contributed by atoms with Crippen molar-refractivity contribution in [3.05, 3.63) is 122 Å². The maximum Gasteiger partial charge on any atom is 0.472 e. The summed E-state index contributed by atoms with van der Waals surface area (Å²) in [7, 11) is -4.40. The lowest BCUT2D eigenvalue weighted by molar-refractivity contribution is -0.161. The predicted octanol–water partition coefficient (Wildman–Crippen LogP) is 16.1. The van der Waals surface area contributed by atoms with E-state index in [2.05, 4.69) is 123 Å². The van der Waals surface area contributed by atoms with Gasteiger partial charge in [0.1, 0.15) is 6.61 Å². The van der Waals surface area contributed by atoms with Crippen LogP contribution in [0.2, 0.25) is 0 Å². The van der Waals surface area contributed by atoms with E-state index in [0.29, 0.717) is 12.8 Å². The highest BCUT2D eigenvalue weighted by Gasteiger charge is 2.26. The number of carbonyl (C=O) groups is 2. The quantitative estimate of drug-likeness (QED) is 0.0265. The van der Waals surface area contributed by atoms with E-state index in [-0.39, 0.29) is 32.6 Å². The SMILES string of the molecule is CC/C=C\C/C=C\C/C=C\C/C=C\C/C=C\C/C=C\CCCCCCCCCCCCCCCCC(=O)OC(COC(=O)CC/C=C\C/C=C\C/C=C\C/C=C\CC)COP(=O)(O)OCCN. The van der Waals surface area contributed by atoms with Gasteiger partial charge in [-0.2, -0.15) is 0 Å². The lowest BCUT2D eigenvalue weighted by atomic mass is 10.0. The third kappa shape index (κ3) is 51.6. The molecule has 0 aliphatic carbocycles. The number of unbranched alkanes of at least 4 members (excludes halogenated alkanes) is 14. The number of nitrogens with two attached hydrogens (primary N) is 1. The van der Waals surface area contributed by atoms with Gasteiger partial charge >= 0.3 is 19.8 Å². The molecule has 0 rings (SSSR count). The molecule has 2 atom stereocenters. The maximum absolute atomic E-state index is 12.6. The Morgan fingerprint density at radius 1 is 0.448 bits per heavy atom. The number of phosphoric ester groups is 1. The Morgan fingerprint density at radius 3 is 1.21 bits per heavy atom. The van der Waals surface area contributed by atoms with Gasteiger partial charge in [0.05, 0.1) is 13.2 Å². The zero-order valence-corrected chi connectivity index (χ0v) is 43.0. The number of hydrogen-bond donors (Lipinski definition) is 2. The van der Waals surface area contributed by atoms with Crippen molar-refractivity contribution in [2.75, 3.05) is 26.4 Å². The Labute approximate surface area is 409 Å². The molecule has 0 saturated heterocycles. The van der Waals surface area contributed by atoms with Crippen molar-refractivity contribution in [3.63, 3.8) is 0 Å². The normalized spacial score (nSPS) is 14.1. The molecule has 0 aliphatic rings. The summed E-state index contributed by atoms with van der Waals surface area (Å²) in [6, 6.07) is 0. The van der Waals surface area contributed by atoms with Gasteiger partial charge in [0.15, 0.2) is 6.10 Å². The summed E-state index contributed by atoms with van der Waals surface area (Å²) in [6.45, 7) is 3.40. The van der Waals surface area contributed by atoms with Crippen LogP contribution in [0.3, 0.4) is 0 Å². The van der Waals surface area contributed by atoms with Gasteiger partial charge in [-0.15, -0.1) is 0 Å². The fourth-order valence-electron chi connectivity index (χ4n) is 6.59. The number of carbonyl (C=O) groups excluding carboxylic acids is 2. The van der Waals surface area contributed by atoms with Gasteiger partial charge in [0.25, 0.3) is 0 Å². The lowest BCUT2D eigenvalue weighted by Gasteiger charge is -2.19. The molecule has 0 amide bonds. The summed E-state index contributed by atoms with van der Waals surface area (Å²) in [6.07, 6.45) is 71.3. The molecule has 0 saturated carbocycles. The summed E-state index contributed by atoms with van der Waals surface area (Å²) in [5, 5.41) is 0. The first-order chi connectivity index (χ1) is 32.8. The van der Waals surface area contributed by atoms with Gasteiger partial charge in [-0.3, -0.25) is 18.6 Å². The monoisotopic (exact) mass is 952 g/mol. The van der Waals surface area contributed by atoms with Crippen LogP contribution in [0.25, 0.3) is 0 Å². The van der Waals surface area contributed by atoms with E-state index in [1.807, 2.05) is 12.2 Å². The molecule has 0 heterocycles. The highest BCUT2D eigenvalue weighted by atomic mass is 31.2. The Kier molecular flexibility index (Phi) is 49.0. The Hall–Kier alpha value is -3.59. The van der Waals surface area contributed by atoms with Gasteiger partial charge < -0.3 is 20.1 Å². The van der Waals surface area contributed by atoms with Crippen molar-refractivity contribution in [1.82, 2.24) is 0 Å². The standard InChI is InChI=1S/C57H94NO8P/c1-3-5-7-9-11-13-15-17-18-19-20-21-22-23-24-25-26-27-28-29-30-31-32-33-34-35-36-38-40-42-44-46-48-50-57(60)66-55(54-65-67(61,62)64-52-51-58)53-63-56(59)49-47-45-43-41-39-37-16-14-12-10-8-6-4-2/h5-8,11-14,17-18,20-21,23-24,26-27,37,39,43,45,55H,3-4,9-10,15-16,19,22,25,28-36,38,40-42,44,46-54,58H2,1-2H3,(H,61,62)/b7-5-,8-6-,13-11-,14-12-,18-17-,21-20-,24-23-,27-26-,39-37-,45-43-. The first kappa shape index (κ1) is 63.4. The van der Waals surface area contributed by atoms with E-state index in [1.54, 1.807) is 0 Å². The fraction of sp³-hybridized carbons (Fsp3) is 0.614. The highest BCUT2D eigenvalue weighted by Crippen LogP contribution is 2.43. The minimum atomic E-state index is -4.40. The molecule has 0 fully saturated rings. The first-order valence-electron chi connectivity index (χ1n) is 26.0. The number of ether oxygens (including phenoxy) is 2. The Bertz CT molecular complexity index is 1500. The van der Waals surface area contributed by atoms with Crippen LogP contribution in [0.5, 0.6) is 0 Å². The predicted molar refractivity (Wildman–Crippen MR) is 284 cm³/mol. The molecule has 0 aromatic rings. The van der Waals surface area contributed by atoms with Crippen LogP contribution in [0.15, 0.2) is 122 Å². The van der Waals surface area contributed by atoms with E-state index in [1.165, 1.54) is 70.6 Å². The zero-order chi connectivity index (χ0) is 48.8. The largest absolute Gasteiger partial charge is 0.472 e. The van der Waals surface area contributed by atoms with Crippen LogP contribution in [0.1, 0.15) is 194 Å². The number of allylic oxidation sites excluding steroid dienone is 20. The Balaban J connectivity index is 3.99. The minimum absolute atomic E-state index is 0.0390. The van der Waals surface area contributed by atoms with Crippen LogP contribution in [0, 0.1) is 0 Å². The highest BCUT2D eigenvalue weighted by molar-refractivity contribution is 7.47. The molecule has 3 N–H and O–H groups in total. The van der Waals surface area contributed by atoms with Crippen molar-refractivity contribution in [2.45, 2.75) is 200 Å². The second-order valence-corrected chi connectivity index (χ2v) is 18.1. The summed E-state index contributed by atoms with van der Waals surface area (Å²) in [4.78, 5) is 34.9. The molecule has 0 radical (unpaired) electrons. The molecular weight excluding hydrogens is 858 g/mol. The van der Waals surface area contributed by atoms with E-state index < -0.39 is 32.5 Å². The van der Waals surface area contributed by atoms with E-state index >= 15 is 0 Å². The van der Waals surface area contributed by atoms with Gasteiger partial charge in [-0.1, -0.05) is 212 Å². The summed E-state index contributed by atoms with van der Waals surface area (Å²) < 4.78 is 32.8. The number of esters is 2. The summed E-state index contributed by atoms with van der Waals surface area (Å²) >= 11 is 0. The van der Waals surface area contributed by atoms with Gasteiger partial charge in [-0.05, 0) is 89.9 Å². The van der Waals surface area contributed by atoms with Crippen LogP contribution in [-0.4, -0.2) is 49.3 Å². The smallest absolute Gasteiger partial charge is 0.462 e. The molecule has 67 heavy (non-hydrogen) atoms. The molecule has 0 spiro atoms. The van der Waals surface area contributed by atoms with Crippen LogP contribution in [-0.2, 0) is 32.7 Å². The second-order valence-electron chi connectivity index (χ2n) is 16.6. The van der Waals surface area contributed by atoms with Crippen LogP contribution >= 0.6 is 7.82 Å². The molecule has 0 aliphatic heterocycles. The number of phosphoric acid groups is 1. The number of hydrogen-bond acceptors (Lipinski definition) is 8. The summed E-state index contributed by atoms with van der Waals surface area (Å²) in [5.41, 5.74) is 5.36.